The van der Waals surface area contributed by atoms with E-state index >= 15 is 0 Å². The van der Waals surface area contributed by atoms with Crippen molar-refractivity contribution < 1.29 is 13.2 Å². The average Bonchev–Trinajstić information content (AvgIpc) is 2.99. The fourth-order valence-electron chi connectivity index (χ4n) is 2.10. The van der Waals surface area contributed by atoms with Crippen molar-refractivity contribution in [2.75, 3.05) is 13.1 Å². The van der Waals surface area contributed by atoms with Crippen LogP contribution in [0.4, 0.5) is 0 Å². The highest BCUT2D eigenvalue weighted by atomic mass is 32.2. The molecule has 2 rings (SSSR count). The fourth-order valence-corrected chi connectivity index (χ4v) is 3.48. The van der Waals surface area contributed by atoms with Crippen molar-refractivity contribution in [1.29, 1.82) is 0 Å². The zero-order chi connectivity index (χ0) is 16.2. The molecule has 7 nitrogen and oxygen atoms in total. The Bertz CT molecular complexity index is 736. The molecule has 1 aromatic carbocycles. The van der Waals surface area contributed by atoms with Crippen LogP contribution in [0.25, 0.3) is 0 Å². The third kappa shape index (κ3) is 3.33. The minimum Gasteiger partial charge on any atom is -0.338 e. The molecule has 1 heterocycles. The van der Waals surface area contributed by atoms with Crippen LogP contribution < -0.4 is 0 Å². The minimum atomic E-state index is -3.75. The summed E-state index contributed by atoms with van der Waals surface area (Å²) < 4.78 is 25.0. The van der Waals surface area contributed by atoms with Gasteiger partial charge in [-0.05, 0) is 19.4 Å². The second-order valence-electron chi connectivity index (χ2n) is 4.70. The van der Waals surface area contributed by atoms with E-state index < -0.39 is 15.7 Å². The molecule has 0 saturated carbocycles. The average molecular weight is 322 g/mol. The van der Waals surface area contributed by atoms with Crippen molar-refractivity contribution in [3.05, 3.63) is 41.6 Å². The van der Waals surface area contributed by atoms with E-state index in [-0.39, 0.29) is 16.5 Å². The topological polar surface area (TPSA) is 96.0 Å². The number of benzene rings is 1. The molecule has 0 fully saturated rings. The first-order chi connectivity index (χ1) is 10.5. The molecule has 0 atom stereocenters. The molecule has 0 aliphatic heterocycles. The standard InChI is InChI=1S/C14H18N4O3S/c1-3-18(4-2)14(19)12-13(16-17-15-12)22(20,21)10-11-8-6-5-7-9-11/h5-9H,3-4,10H2,1-2H3,(H,15,16,17). The van der Waals surface area contributed by atoms with Crippen LogP contribution >= 0.6 is 0 Å². The Morgan fingerprint density at radius 2 is 1.77 bits per heavy atom. The van der Waals surface area contributed by atoms with Crippen LogP contribution in [0.2, 0.25) is 0 Å². The molecule has 0 radical (unpaired) electrons. The highest BCUT2D eigenvalue weighted by Gasteiger charge is 2.29. The Morgan fingerprint density at radius 1 is 1.14 bits per heavy atom. The van der Waals surface area contributed by atoms with E-state index in [0.717, 1.165) is 0 Å². The number of aromatic nitrogens is 3. The lowest BCUT2D eigenvalue weighted by molar-refractivity contribution is 0.0763. The van der Waals surface area contributed by atoms with Crippen LogP contribution in [-0.4, -0.2) is 47.7 Å². The maximum Gasteiger partial charge on any atom is 0.277 e. The smallest absolute Gasteiger partial charge is 0.277 e. The lowest BCUT2D eigenvalue weighted by atomic mass is 10.2. The number of carbonyl (C=O) groups excluding carboxylic acids is 1. The van der Waals surface area contributed by atoms with Crippen molar-refractivity contribution in [3.63, 3.8) is 0 Å². The SMILES string of the molecule is CCN(CC)C(=O)c1n[nH]nc1S(=O)(=O)Cc1ccccc1. The Hall–Kier alpha value is -2.22. The molecule has 0 aliphatic carbocycles. The van der Waals surface area contributed by atoms with E-state index in [0.29, 0.717) is 18.7 Å². The Labute approximate surface area is 129 Å². The lowest BCUT2D eigenvalue weighted by Crippen LogP contribution is -2.32. The van der Waals surface area contributed by atoms with Gasteiger partial charge in [-0.1, -0.05) is 30.3 Å². The van der Waals surface area contributed by atoms with E-state index in [9.17, 15) is 13.2 Å². The maximum absolute atomic E-state index is 12.5. The fraction of sp³-hybridized carbons (Fsp3) is 0.357. The summed E-state index contributed by atoms with van der Waals surface area (Å²) >= 11 is 0. The minimum absolute atomic E-state index is 0.153. The molecule has 0 bridgehead atoms. The van der Waals surface area contributed by atoms with E-state index in [4.69, 9.17) is 0 Å². The number of H-pyrrole nitrogens is 1. The van der Waals surface area contributed by atoms with Crippen LogP contribution in [0.1, 0.15) is 29.9 Å². The molecule has 118 valence electrons. The summed E-state index contributed by atoms with van der Waals surface area (Å²) in [7, 11) is -3.75. The number of hydrogen-bond acceptors (Lipinski definition) is 5. The number of amides is 1. The van der Waals surface area contributed by atoms with E-state index in [2.05, 4.69) is 15.4 Å². The van der Waals surface area contributed by atoms with Gasteiger partial charge in [0.1, 0.15) is 0 Å². The number of hydrogen-bond donors (Lipinski definition) is 1. The number of carbonyl (C=O) groups is 1. The van der Waals surface area contributed by atoms with Crippen molar-refractivity contribution in [2.45, 2.75) is 24.6 Å². The highest BCUT2D eigenvalue weighted by Crippen LogP contribution is 2.18. The molecule has 0 unspecified atom stereocenters. The predicted octanol–water partition coefficient (Wildman–Crippen LogP) is 1.26. The van der Waals surface area contributed by atoms with Crippen LogP contribution in [0.5, 0.6) is 0 Å². The number of sulfone groups is 1. The monoisotopic (exact) mass is 322 g/mol. The van der Waals surface area contributed by atoms with E-state index in [1.54, 1.807) is 24.3 Å². The van der Waals surface area contributed by atoms with E-state index in [1.807, 2.05) is 19.9 Å². The third-order valence-electron chi connectivity index (χ3n) is 3.26. The van der Waals surface area contributed by atoms with Crippen LogP contribution in [0.15, 0.2) is 35.4 Å². The third-order valence-corrected chi connectivity index (χ3v) is 4.85. The van der Waals surface area contributed by atoms with Gasteiger partial charge in [0.25, 0.3) is 5.91 Å². The number of nitrogens with one attached hydrogen (secondary N) is 1. The maximum atomic E-state index is 12.5. The normalized spacial score (nSPS) is 11.4. The quantitative estimate of drug-likeness (QED) is 0.863. The molecule has 8 heteroatoms. The molecule has 0 saturated heterocycles. The largest absolute Gasteiger partial charge is 0.338 e. The van der Waals surface area contributed by atoms with E-state index in [1.165, 1.54) is 4.90 Å². The first-order valence-electron chi connectivity index (χ1n) is 6.96. The zero-order valence-corrected chi connectivity index (χ0v) is 13.3. The van der Waals surface area contributed by atoms with Gasteiger partial charge in [-0.15, -0.1) is 10.2 Å². The summed E-state index contributed by atoms with van der Waals surface area (Å²) in [6.45, 7) is 4.58. The van der Waals surface area contributed by atoms with Gasteiger partial charge in [0.05, 0.1) is 5.75 Å². The van der Waals surface area contributed by atoms with Crippen molar-refractivity contribution in [2.24, 2.45) is 0 Å². The van der Waals surface area contributed by atoms with Gasteiger partial charge in [0, 0.05) is 13.1 Å². The first-order valence-corrected chi connectivity index (χ1v) is 8.61. The summed E-state index contributed by atoms with van der Waals surface area (Å²) in [6, 6.07) is 8.75. The van der Waals surface area contributed by atoms with Gasteiger partial charge >= 0.3 is 0 Å². The van der Waals surface area contributed by atoms with Gasteiger partial charge in [0.15, 0.2) is 5.69 Å². The summed E-state index contributed by atoms with van der Waals surface area (Å²) in [6.07, 6.45) is 0. The molecule has 1 N–H and O–H groups in total. The molecule has 0 aliphatic rings. The van der Waals surface area contributed by atoms with Crippen molar-refractivity contribution in [3.8, 4) is 0 Å². The molecule has 0 spiro atoms. The number of aromatic amines is 1. The highest BCUT2D eigenvalue weighted by molar-refractivity contribution is 7.90. The Kier molecular flexibility index (Phi) is 4.92. The molecule has 1 amide bonds. The summed E-state index contributed by atoms with van der Waals surface area (Å²) in [5.41, 5.74) is 0.478. The van der Waals surface area contributed by atoms with Gasteiger partial charge in [-0.25, -0.2) is 8.42 Å². The van der Waals surface area contributed by atoms with Crippen LogP contribution in [0, 0.1) is 0 Å². The Balaban J connectivity index is 2.34. The molecular weight excluding hydrogens is 304 g/mol. The van der Waals surface area contributed by atoms with Gasteiger partial charge in [-0.2, -0.15) is 5.21 Å². The first kappa shape index (κ1) is 16.2. The summed E-state index contributed by atoms with van der Waals surface area (Å²) in [5, 5.41) is 9.37. The second-order valence-corrected chi connectivity index (χ2v) is 6.60. The Morgan fingerprint density at radius 3 is 2.36 bits per heavy atom. The van der Waals surface area contributed by atoms with Gasteiger partial charge in [-0.3, -0.25) is 4.79 Å². The predicted molar refractivity (Wildman–Crippen MR) is 81.0 cm³/mol. The summed E-state index contributed by atoms with van der Waals surface area (Å²) in [4.78, 5) is 13.8. The molecule has 2 aromatic rings. The number of nitrogens with zero attached hydrogens (tertiary/aromatic N) is 3. The van der Waals surface area contributed by atoms with Gasteiger partial charge in [0.2, 0.25) is 14.9 Å². The van der Waals surface area contributed by atoms with Crippen molar-refractivity contribution in [1.82, 2.24) is 20.3 Å². The molecular formula is C14H18N4O3S. The van der Waals surface area contributed by atoms with Crippen LogP contribution in [0.3, 0.4) is 0 Å². The second kappa shape index (κ2) is 6.69. The van der Waals surface area contributed by atoms with Crippen molar-refractivity contribution >= 4 is 15.7 Å². The van der Waals surface area contributed by atoms with Crippen LogP contribution in [-0.2, 0) is 15.6 Å². The zero-order valence-electron chi connectivity index (χ0n) is 12.5. The molecule has 1 aromatic heterocycles. The van der Waals surface area contributed by atoms with Gasteiger partial charge < -0.3 is 4.90 Å². The lowest BCUT2D eigenvalue weighted by Gasteiger charge is -2.17. The number of rotatable bonds is 6. The summed E-state index contributed by atoms with van der Waals surface area (Å²) in [5.74, 6) is -0.663. The molecule has 22 heavy (non-hydrogen) atoms.